The molecule has 0 fully saturated rings. The van der Waals surface area contributed by atoms with E-state index in [0.717, 1.165) is 4.90 Å². The first-order chi connectivity index (χ1) is 7.54. The topological polar surface area (TPSA) is 53.4 Å². The van der Waals surface area contributed by atoms with Crippen LogP contribution in [0, 0.1) is 0 Å². The molecule has 2 unspecified atom stereocenters. The van der Waals surface area contributed by atoms with Crippen LogP contribution in [0.2, 0.25) is 0 Å². The maximum Gasteiger partial charge on any atom is 0.0957 e. The molecule has 0 amide bonds. The van der Waals surface area contributed by atoms with Gasteiger partial charge in [-0.1, -0.05) is 13.8 Å². The Morgan fingerprint density at radius 3 is 2.44 bits per heavy atom. The van der Waals surface area contributed by atoms with Crippen molar-refractivity contribution < 1.29 is 10.2 Å². The predicted octanol–water partition coefficient (Wildman–Crippen LogP) is 2.39. The van der Waals surface area contributed by atoms with E-state index in [9.17, 15) is 10.2 Å². The van der Waals surface area contributed by atoms with Crippen molar-refractivity contribution in [1.29, 1.82) is 0 Å². The molecular weight excluding hydrogens is 222 g/mol. The van der Waals surface area contributed by atoms with Crippen LogP contribution in [-0.2, 0) is 0 Å². The molecular formula is C12H19NO2S. The highest BCUT2D eigenvalue weighted by molar-refractivity contribution is 8.00. The molecule has 4 heteroatoms. The average Bonchev–Trinajstić information content (AvgIpc) is 2.28. The predicted molar refractivity (Wildman–Crippen MR) is 66.5 cm³/mol. The van der Waals surface area contributed by atoms with Crippen molar-refractivity contribution in [3.63, 3.8) is 0 Å². The minimum absolute atomic E-state index is 0.142. The van der Waals surface area contributed by atoms with Crippen LogP contribution in [-0.4, -0.2) is 26.6 Å². The molecule has 90 valence electrons. The van der Waals surface area contributed by atoms with Crippen molar-refractivity contribution in [2.24, 2.45) is 0 Å². The number of thioether (sulfide) groups is 1. The second-order valence-corrected chi connectivity index (χ2v) is 5.36. The summed E-state index contributed by atoms with van der Waals surface area (Å²) in [7, 11) is 0. The number of aromatic nitrogens is 1. The van der Waals surface area contributed by atoms with Gasteiger partial charge in [0, 0.05) is 16.3 Å². The van der Waals surface area contributed by atoms with Crippen molar-refractivity contribution in [2.45, 2.75) is 49.5 Å². The Morgan fingerprint density at radius 1 is 1.31 bits per heavy atom. The van der Waals surface area contributed by atoms with Gasteiger partial charge < -0.3 is 10.2 Å². The van der Waals surface area contributed by atoms with Crippen LogP contribution < -0.4 is 0 Å². The molecule has 1 aromatic rings. The molecule has 3 atom stereocenters. The van der Waals surface area contributed by atoms with E-state index in [1.54, 1.807) is 24.9 Å². The van der Waals surface area contributed by atoms with Crippen molar-refractivity contribution in [2.75, 3.05) is 0 Å². The summed E-state index contributed by atoms with van der Waals surface area (Å²) in [5.74, 6) is 0. The van der Waals surface area contributed by atoms with Crippen LogP contribution in [0.3, 0.4) is 0 Å². The lowest BCUT2D eigenvalue weighted by atomic mass is 10.2. The monoisotopic (exact) mass is 241 g/mol. The van der Waals surface area contributed by atoms with E-state index < -0.39 is 6.10 Å². The molecule has 0 aliphatic carbocycles. The number of hydrogen-bond acceptors (Lipinski definition) is 4. The normalized spacial score (nSPS) is 16.8. The highest BCUT2D eigenvalue weighted by atomic mass is 32.2. The molecule has 0 aromatic carbocycles. The van der Waals surface area contributed by atoms with E-state index in [0.29, 0.717) is 12.1 Å². The first-order valence-corrected chi connectivity index (χ1v) is 6.41. The maximum absolute atomic E-state index is 9.58. The molecule has 0 spiro atoms. The zero-order chi connectivity index (χ0) is 12.1. The molecule has 0 saturated heterocycles. The van der Waals surface area contributed by atoms with Crippen LogP contribution >= 0.6 is 11.8 Å². The number of aliphatic hydroxyl groups is 2. The second kappa shape index (κ2) is 6.23. The molecule has 0 aliphatic rings. The zero-order valence-corrected chi connectivity index (χ0v) is 10.7. The van der Waals surface area contributed by atoms with Gasteiger partial charge in [0.05, 0.1) is 17.9 Å². The van der Waals surface area contributed by atoms with Crippen LogP contribution in [0.15, 0.2) is 23.2 Å². The smallest absolute Gasteiger partial charge is 0.0957 e. The molecule has 0 bridgehead atoms. The molecule has 0 radical (unpaired) electrons. The SMILES string of the molecule is CC[C@H](O)c1ccc(SC(C)C(C)O)cn1. The zero-order valence-electron chi connectivity index (χ0n) is 9.92. The summed E-state index contributed by atoms with van der Waals surface area (Å²) in [5, 5.41) is 19.1. The minimum atomic E-state index is -0.478. The van der Waals surface area contributed by atoms with Gasteiger partial charge in [-0.15, -0.1) is 11.8 Å². The highest BCUT2D eigenvalue weighted by Crippen LogP contribution is 2.25. The Balaban J connectivity index is 2.64. The Morgan fingerprint density at radius 2 is 2.00 bits per heavy atom. The third-order valence-corrected chi connectivity index (χ3v) is 3.77. The molecule has 16 heavy (non-hydrogen) atoms. The first-order valence-electron chi connectivity index (χ1n) is 5.53. The van der Waals surface area contributed by atoms with Crippen molar-refractivity contribution >= 4 is 11.8 Å². The summed E-state index contributed by atoms with van der Waals surface area (Å²) >= 11 is 1.59. The summed E-state index contributed by atoms with van der Waals surface area (Å²) in [4.78, 5) is 5.22. The molecule has 1 heterocycles. The fourth-order valence-electron chi connectivity index (χ4n) is 1.18. The second-order valence-electron chi connectivity index (χ2n) is 3.91. The summed E-state index contributed by atoms with van der Waals surface area (Å²) in [6, 6.07) is 3.77. The van der Waals surface area contributed by atoms with Gasteiger partial charge in [0.25, 0.3) is 0 Å². The fourth-order valence-corrected chi connectivity index (χ4v) is 2.07. The Labute approximate surface area is 101 Å². The van der Waals surface area contributed by atoms with Gasteiger partial charge in [0.15, 0.2) is 0 Å². The van der Waals surface area contributed by atoms with E-state index in [1.165, 1.54) is 0 Å². The maximum atomic E-state index is 9.58. The quantitative estimate of drug-likeness (QED) is 0.777. The van der Waals surface area contributed by atoms with Crippen LogP contribution in [0.1, 0.15) is 39.0 Å². The summed E-state index contributed by atoms with van der Waals surface area (Å²) in [6.07, 6.45) is 1.60. The lowest BCUT2D eigenvalue weighted by Crippen LogP contribution is -2.14. The van der Waals surface area contributed by atoms with E-state index in [4.69, 9.17) is 0 Å². The Hall–Kier alpha value is -0.580. The molecule has 0 aliphatic heterocycles. The third-order valence-electron chi connectivity index (χ3n) is 2.49. The third kappa shape index (κ3) is 3.77. The summed E-state index contributed by atoms with van der Waals surface area (Å²) < 4.78 is 0. The molecule has 1 aromatic heterocycles. The fraction of sp³-hybridized carbons (Fsp3) is 0.583. The lowest BCUT2D eigenvalue weighted by molar-refractivity contribution is 0.169. The van der Waals surface area contributed by atoms with Crippen molar-refractivity contribution in [3.05, 3.63) is 24.0 Å². The number of hydrogen-bond donors (Lipinski definition) is 2. The molecule has 2 N–H and O–H groups in total. The first kappa shape index (κ1) is 13.5. The molecule has 1 rings (SSSR count). The highest BCUT2D eigenvalue weighted by Gasteiger charge is 2.11. The van der Waals surface area contributed by atoms with Gasteiger partial charge in [-0.05, 0) is 25.5 Å². The van der Waals surface area contributed by atoms with Gasteiger partial charge in [-0.25, -0.2) is 0 Å². The molecule has 0 saturated carbocycles. The van der Waals surface area contributed by atoms with Crippen LogP contribution in [0.4, 0.5) is 0 Å². The van der Waals surface area contributed by atoms with E-state index >= 15 is 0 Å². The lowest BCUT2D eigenvalue weighted by Gasteiger charge is -2.14. The Kier molecular flexibility index (Phi) is 5.25. The summed E-state index contributed by atoms with van der Waals surface area (Å²) in [6.45, 7) is 5.68. The number of nitrogens with zero attached hydrogens (tertiary/aromatic N) is 1. The Bertz CT molecular complexity index is 313. The largest absolute Gasteiger partial charge is 0.392 e. The van der Waals surface area contributed by atoms with Gasteiger partial charge in [0.1, 0.15) is 0 Å². The van der Waals surface area contributed by atoms with Gasteiger partial charge >= 0.3 is 0 Å². The summed E-state index contributed by atoms with van der Waals surface area (Å²) in [5.41, 5.74) is 0.705. The van der Waals surface area contributed by atoms with Gasteiger partial charge in [-0.2, -0.15) is 0 Å². The van der Waals surface area contributed by atoms with Crippen LogP contribution in [0.5, 0.6) is 0 Å². The van der Waals surface area contributed by atoms with Gasteiger partial charge in [0.2, 0.25) is 0 Å². The number of pyridine rings is 1. The number of rotatable bonds is 5. The van der Waals surface area contributed by atoms with Crippen LogP contribution in [0.25, 0.3) is 0 Å². The van der Waals surface area contributed by atoms with E-state index in [2.05, 4.69) is 4.98 Å². The van der Waals surface area contributed by atoms with Crippen molar-refractivity contribution in [3.8, 4) is 0 Å². The average molecular weight is 241 g/mol. The van der Waals surface area contributed by atoms with Gasteiger partial charge in [-0.3, -0.25) is 4.98 Å². The molecule has 3 nitrogen and oxygen atoms in total. The minimum Gasteiger partial charge on any atom is -0.392 e. The van der Waals surface area contributed by atoms with Crippen molar-refractivity contribution in [1.82, 2.24) is 4.98 Å². The number of aliphatic hydroxyl groups excluding tert-OH is 2. The standard InChI is InChI=1S/C12H19NO2S/c1-4-12(15)11-6-5-10(7-13-11)16-9(3)8(2)14/h5-9,12,14-15H,4H2,1-3H3/t8?,9?,12-/m0/s1. The van der Waals surface area contributed by atoms with E-state index in [-0.39, 0.29) is 11.4 Å². The van der Waals surface area contributed by atoms with E-state index in [1.807, 2.05) is 26.0 Å².